The summed E-state index contributed by atoms with van der Waals surface area (Å²) in [6.07, 6.45) is 1.59. The van der Waals surface area contributed by atoms with Gasteiger partial charge in [-0.2, -0.15) is 0 Å². The van der Waals surface area contributed by atoms with Gasteiger partial charge in [-0.3, -0.25) is 0 Å². The van der Waals surface area contributed by atoms with Crippen LogP contribution in [0.1, 0.15) is 30.6 Å². The molecule has 2 rings (SSSR count). The van der Waals surface area contributed by atoms with Gasteiger partial charge < -0.3 is 14.8 Å². The van der Waals surface area contributed by atoms with Gasteiger partial charge >= 0.3 is 0 Å². The van der Waals surface area contributed by atoms with Crippen molar-refractivity contribution in [2.75, 3.05) is 20.2 Å². The molecular weight excluding hydrogens is 214 g/mol. The Hall–Kier alpha value is -0.900. The molecule has 1 saturated heterocycles. The lowest BCUT2D eigenvalue weighted by Crippen LogP contribution is -2.40. The number of rotatable bonds is 4. The molecular formula is C14H21NO2. The first kappa shape index (κ1) is 12.6. The van der Waals surface area contributed by atoms with Crippen LogP contribution >= 0.6 is 0 Å². The van der Waals surface area contributed by atoms with Gasteiger partial charge in [0, 0.05) is 20.2 Å². The minimum Gasteiger partial charge on any atom is -0.380 e. The van der Waals surface area contributed by atoms with Crippen molar-refractivity contribution in [1.29, 1.82) is 0 Å². The summed E-state index contributed by atoms with van der Waals surface area (Å²) in [5, 5.41) is 3.42. The van der Waals surface area contributed by atoms with Crippen LogP contribution in [0.5, 0.6) is 0 Å². The van der Waals surface area contributed by atoms with Crippen LogP contribution < -0.4 is 5.32 Å². The van der Waals surface area contributed by atoms with Crippen molar-refractivity contribution in [2.24, 2.45) is 0 Å². The standard InChI is InChI=1S/C14H21NO2/c1-3-13-8-15-9-14(17-13)12-6-4-11(5-7-12)10-16-2/h4-7,13-15H,3,8-10H2,1-2H3. The van der Waals surface area contributed by atoms with Crippen molar-refractivity contribution in [1.82, 2.24) is 5.32 Å². The Balaban J connectivity index is 2.01. The van der Waals surface area contributed by atoms with Gasteiger partial charge in [0.25, 0.3) is 0 Å². The molecule has 1 aliphatic heterocycles. The zero-order valence-electron chi connectivity index (χ0n) is 10.6. The predicted molar refractivity (Wildman–Crippen MR) is 67.9 cm³/mol. The van der Waals surface area contributed by atoms with E-state index in [0.29, 0.717) is 12.7 Å². The Morgan fingerprint density at radius 2 is 2.06 bits per heavy atom. The first-order valence-electron chi connectivity index (χ1n) is 6.27. The molecule has 0 spiro atoms. The molecule has 0 aromatic heterocycles. The van der Waals surface area contributed by atoms with Gasteiger partial charge in [0.15, 0.2) is 0 Å². The summed E-state index contributed by atoms with van der Waals surface area (Å²) in [6.45, 7) is 4.70. The van der Waals surface area contributed by atoms with Crippen LogP contribution in [0.2, 0.25) is 0 Å². The van der Waals surface area contributed by atoms with E-state index in [4.69, 9.17) is 9.47 Å². The van der Waals surface area contributed by atoms with Gasteiger partial charge in [-0.25, -0.2) is 0 Å². The maximum absolute atomic E-state index is 6.03. The topological polar surface area (TPSA) is 30.5 Å². The van der Waals surface area contributed by atoms with Gasteiger partial charge in [0.05, 0.1) is 18.8 Å². The molecule has 1 aliphatic rings. The Kier molecular flexibility index (Phi) is 4.54. The minimum absolute atomic E-state index is 0.185. The molecule has 0 bridgehead atoms. The summed E-state index contributed by atoms with van der Waals surface area (Å²) >= 11 is 0. The molecule has 0 saturated carbocycles. The van der Waals surface area contributed by atoms with Crippen LogP contribution in [0.3, 0.4) is 0 Å². The van der Waals surface area contributed by atoms with Crippen molar-refractivity contribution in [3.63, 3.8) is 0 Å². The van der Waals surface area contributed by atoms with E-state index in [0.717, 1.165) is 19.5 Å². The van der Waals surface area contributed by atoms with Crippen LogP contribution in [0, 0.1) is 0 Å². The van der Waals surface area contributed by atoms with Gasteiger partial charge in [0.2, 0.25) is 0 Å². The SMILES string of the molecule is CCC1CNCC(c2ccc(COC)cc2)O1. The van der Waals surface area contributed by atoms with E-state index in [1.54, 1.807) is 7.11 Å². The lowest BCUT2D eigenvalue weighted by molar-refractivity contribution is -0.0399. The van der Waals surface area contributed by atoms with Gasteiger partial charge in [-0.05, 0) is 17.5 Å². The molecule has 17 heavy (non-hydrogen) atoms. The van der Waals surface area contributed by atoms with Crippen LogP contribution in [0.15, 0.2) is 24.3 Å². The molecule has 2 atom stereocenters. The quantitative estimate of drug-likeness (QED) is 0.868. The lowest BCUT2D eigenvalue weighted by Gasteiger charge is -2.30. The third-order valence-corrected chi connectivity index (χ3v) is 3.18. The van der Waals surface area contributed by atoms with Gasteiger partial charge in [-0.15, -0.1) is 0 Å². The summed E-state index contributed by atoms with van der Waals surface area (Å²) in [6, 6.07) is 8.49. The normalized spacial score (nSPS) is 24.8. The summed E-state index contributed by atoms with van der Waals surface area (Å²) in [5.74, 6) is 0. The highest BCUT2D eigenvalue weighted by atomic mass is 16.5. The summed E-state index contributed by atoms with van der Waals surface area (Å²) < 4.78 is 11.1. The summed E-state index contributed by atoms with van der Waals surface area (Å²) in [4.78, 5) is 0. The molecule has 2 unspecified atom stereocenters. The first-order chi connectivity index (χ1) is 8.33. The first-order valence-corrected chi connectivity index (χ1v) is 6.27. The number of hydrogen-bond acceptors (Lipinski definition) is 3. The summed E-state index contributed by atoms with van der Waals surface area (Å²) in [5.41, 5.74) is 2.45. The fourth-order valence-corrected chi connectivity index (χ4v) is 2.14. The van der Waals surface area contributed by atoms with E-state index in [2.05, 4.69) is 36.5 Å². The van der Waals surface area contributed by atoms with Crippen LogP contribution in [-0.4, -0.2) is 26.3 Å². The maximum Gasteiger partial charge on any atom is 0.0953 e. The van der Waals surface area contributed by atoms with E-state index < -0.39 is 0 Å². The average molecular weight is 235 g/mol. The van der Waals surface area contributed by atoms with E-state index in [-0.39, 0.29) is 6.10 Å². The summed E-state index contributed by atoms with van der Waals surface area (Å²) in [7, 11) is 1.72. The molecule has 3 heteroatoms. The third-order valence-electron chi connectivity index (χ3n) is 3.18. The molecule has 1 heterocycles. The predicted octanol–water partition coefficient (Wildman–Crippen LogP) is 2.27. The smallest absolute Gasteiger partial charge is 0.0953 e. The van der Waals surface area contributed by atoms with Crippen LogP contribution in [0.25, 0.3) is 0 Å². The second-order valence-corrected chi connectivity index (χ2v) is 4.49. The number of morpholine rings is 1. The number of nitrogens with one attached hydrogen (secondary N) is 1. The van der Waals surface area contributed by atoms with Crippen molar-refractivity contribution >= 4 is 0 Å². The number of hydrogen-bond donors (Lipinski definition) is 1. The van der Waals surface area contributed by atoms with Crippen molar-refractivity contribution in [3.05, 3.63) is 35.4 Å². The third kappa shape index (κ3) is 3.28. The molecule has 1 aromatic carbocycles. The van der Waals surface area contributed by atoms with Crippen molar-refractivity contribution in [2.45, 2.75) is 32.2 Å². The molecule has 1 aromatic rings. The van der Waals surface area contributed by atoms with Crippen LogP contribution in [0.4, 0.5) is 0 Å². The second kappa shape index (κ2) is 6.15. The second-order valence-electron chi connectivity index (χ2n) is 4.49. The Morgan fingerprint density at radius 3 is 2.71 bits per heavy atom. The highest BCUT2D eigenvalue weighted by Crippen LogP contribution is 2.22. The van der Waals surface area contributed by atoms with Crippen molar-refractivity contribution in [3.8, 4) is 0 Å². The lowest BCUT2D eigenvalue weighted by atomic mass is 10.1. The minimum atomic E-state index is 0.185. The molecule has 1 fully saturated rings. The fourth-order valence-electron chi connectivity index (χ4n) is 2.14. The molecule has 0 radical (unpaired) electrons. The zero-order valence-corrected chi connectivity index (χ0v) is 10.6. The molecule has 3 nitrogen and oxygen atoms in total. The Labute approximate surface area is 103 Å². The fraction of sp³-hybridized carbons (Fsp3) is 0.571. The van der Waals surface area contributed by atoms with Gasteiger partial charge in [0.1, 0.15) is 0 Å². The zero-order chi connectivity index (χ0) is 12.1. The molecule has 1 N–H and O–H groups in total. The molecule has 0 amide bonds. The molecule has 94 valence electrons. The Morgan fingerprint density at radius 1 is 1.29 bits per heavy atom. The van der Waals surface area contributed by atoms with Crippen molar-refractivity contribution < 1.29 is 9.47 Å². The van der Waals surface area contributed by atoms with E-state index in [1.165, 1.54) is 11.1 Å². The van der Waals surface area contributed by atoms with Crippen LogP contribution in [-0.2, 0) is 16.1 Å². The maximum atomic E-state index is 6.03. The largest absolute Gasteiger partial charge is 0.380 e. The highest BCUT2D eigenvalue weighted by Gasteiger charge is 2.21. The average Bonchev–Trinajstić information content (AvgIpc) is 2.40. The Bertz CT molecular complexity index is 337. The highest BCUT2D eigenvalue weighted by molar-refractivity contribution is 5.24. The monoisotopic (exact) mass is 235 g/mol. The molecule has 0 aliphatic carbocycles. The van der Waals surface area contributed by atoms with E-state index in [9.17, 15) is 0 Å². The number of methoxy groups -OCH3 is 1. The van der Waals surface area contributed by atoms with E-state index in [1.807, 2.05) is 0 Å². The number of benzene rings is 1. The van der Waals surface area contributed by atoms with E-state index >= 15 is 0 Å². The van der Waals surface area contributed by atoms with Gasteiger partial charge in [-0.1, -0.05) is 31.2 Å². The number of ether oxygens (including phenoxy) is 2.